The van der Waals surface area contributed by atoms with Crippen molar-refractivity contribution in [3.05, 3.63) is 12.2 Å². The molecule has 1 amide bonds. The molecular weight excluding hydrogens is 270 g/mol. The van der Waals surface area contributed by atoms with Crippen LogP contribution in [0.3, 0.4) is 0 Å². The summed E-state index contributed by atoms with van der Waals surface area (Å²) in [4.78, 5) is 26.9. The van der Waals surface area contributed by atoms with Crippen molar-refractivity contribution in [1.82, 2.24) is 4.90 Å². The van der Waals surface area contributed by atoms with Gasteiger partial charge in [-0.2, -0.15) is 0 Å². The Morgan fingerprint density at radius 2 is 2.33 bits per heavy atom. The van der Waals surface area contributed by atoms with E-state index in [4.69, 9.17) is 9.47 Å². The number of rotatable bonds is 5. The predicted molar refractivity (Wildman–Crippen MR) is 76.4 cm³/mol. The van der Waals surface area contributed by atoms with Crippen molar-refractivity contribution in [2.24, 2.45) is 11.8 Å². The molecule has 2 fully saturated rings. The number of carbonyl (C=O) groups excluding carboxylic acids is 2. The smallest absolute Gasteiger partial charge is 0.312 e. The molecule has 5 heteroatoms. The van der Waals surface area contributed by atoms with Gasteiger partial charge in [-0.05, 0) is 19.8 Å². The summed E-state index contributed by atoms with van der Waals surface area (Å²) in [5, 5.41) is 0. The van der Waals surface area contributed by atoms with Crippen LogP contribution in [0.1, 0.15) is 33.6 Å². The second kappa shape index (κ2) is 5.13. The fourth-order valence-corrected chi connectivity index (χ4v) is 3.69. The highest BCUT2D eigenvalue weighted by atomic mass is 16.6. The summed E-state index contributed by atoms with van der Waals surface area (Å²) in [6.07, 6.45) is 5.27. The van der Waals surface area contributed by atoms with Gasteiger partial charge in [-0.3, -0.25) is 9.59 Å². The van der Waals surface area contributed by atoms with Gasteiger partial charge in [-0.15, -0.1) is 0 Å². The molecule has 0 aliphatic carbocycles. The topological polar surface area (TPSA) is 55.8 Å². The van der Waals surface area contributed by atoms with E-state index in [1.54, 1.807) is 0 Å². The lowest BCUT2D eigenvalue weighted by molar-refractivity contribution is -0.154. The van der Waals surface area contributed by atoms with Gasteiger partial charge < -0.3 is 14.4 Å². The summed E-state index contributed by atoms with van der Waals surface area (Å²) in [7, 11) is 0. The van der Waals surface area contributed by atoms with E-state index in [0.29, 0.717) is 13.2 Å². The van der Waals surface area contributed by atoms with Gasteiger partial charge in [0.1, 0.15) is 11.5 Å². The van der Waals surface area contributed by atoms with E-state index in [-0.39, 0.29) is 24.0 Å². The third kappa shape index (κ3) is 2.01. The molecule has 0 aromatic rings. The van der Waals surface area contributed by atoms with Gasteiger partial charge in [0.2, 0.25) is 5.91 Å². The fourth-order valence-electron chi connectivity index (χ4n) is 3.69. The summed E-state index contributed by atoms with van der Waals surface area (Å²) in [5.41, 5.74) is -0.610. The SMILES string of the molecule is CCCOC(=O)[C@H]1[C@H]2C(=O)N([C@H](C)CC)C[C@]23C=C[C@H]1O3. The number of esters is 1. The molecule has 3 rings (SSSR count). The zero-order chi connectivity index (χ0) is 15.2. The van der Waals surface area contributed by atoms with E-state index in [9.17, 15) is 9.59 Å². The molecule has 2 saturated heterocycles. The average Bonchev–Trinajstić information content (AvgIpc) is 3.12. The van der Waals surface area contributed by atoms with Gasteiger partial charge in [0.15, 0.2) is 0 Å². The van der Waals surface area contributed by atoms with Gasteiger partial charge in [0, 0.05) is 6.04 Å². The normalized spacial score (nSPS) is 38.0. The number of fused-ring (bicyclic) bond motifs is 1. The van der Waals surface area contributed by atoms with Crippen LogP contribution in [0.25, 0.3) is 0 Å². The zero-order valence-corrected chi connectivity index (χ0v) is 12.9. The Balaban J connectivity index is 1.85. The molecule has 0 N–H and O–H groups in total. The van der Waals surface area contributed by atoms with E-state index in [1.807, 2.05) is 30.9 Å². The molecule has 21 heavy (non-hydrogen) atoms. The Morgan fingerprint density at radius 3 is 3.00 bits per heavy atom. The van der Waals surface area contributed by atoms with Gasteiger partial charge >= 0.3 is 5.97 Å². The summed E-state index contributed by atoms with van der Waals surface area (Å²) in [6, 6.07) is 0.167. The average molecular weight is 293 g/mol. The van der Waals surface area contributed by atoms with Crippen molar-refractivity contribution in [3.8, 4) is 0 Å². The first kappa shape index (κ1) is 14.6. The number of amides is 1. The minimum atomic E-state index is -0.610. The van der Waals surface area contributed by atoms with Crippen molar-refractivity contribution in [1.29, 1.82) is 0 Å². The molecule has 0 aromatic heterocycles. The largest absolute Gasteiger partial charge is 0.465 e. The highest BCUT2D eigenvalue weighted by Crippen LogP contribution is 2.52. The summed E-state index contributed by atoms with van der Waals surface area (Å²) >= 11 is 0. The zero-order valence-electron chi connectivity index (χ0n) is 12.9. The Labute approximate surface area is 125 Å². The van der Waals surface area contributed by atoms with Gasteiger partial charge in [0.25, 0.3) is 0 Å². The van der Waals surface area contributed by atoms with E-state index in [0.717, 1.165) is 12.8 Å². The lowest BCUT2D eigenvalue weighted by Gasteiger charge is -2.26. The predicted octanol–water partition coefficient (Wildman–Crippen LogP) is 1.52. The second-order valence-electron chi connectivity index (χ2n) is 6.29. The summed E-state index contributed by atoms with van der Waals surface area (Å²) in [6.45, 7) is 7.00. The van der Waals surface area contributed by atoms with Crippen LogP contribution in [0.5, 0.6) is 0 Å². The Morgan fingerprint density at radius 1 is 1.57 bits per heavy atom. The van der Waals surface area contributed by atoms with Crippen LogP contribution in [0.4, 0.5) is 0 Å². The number of hydrogen-bond acceptors (Lipinski definition) is 4. The maximum atomic E-state index is 12.8. The van der Waals surface area contributed by atoms with Gasteiger partial charge in [-0.1, -0.05) is 26.0 Å². The summed E-state index contributed by atoms with van der Waals surface area (Å²) < 4.78 is 11.3. The molecule has 0 aromatic carbocycles. The number of nitrogens with zero attached hydrogens (tertiary/aromatic N) is 1. The highest BCUT2D eigenvalue weighted by Gasteiger charge is 2.67. The van der Waals surface area contributed by atoms with E-state index in [2.05, 4.69) is 6.92 Å². The van der Waals surface area contributed by atoms with Crippen LogP contribution >= 0.6 is 0 Å². The van der Waals surface area contributed by atoms with E-state index >= 15 is 0 Å². The van der Waals surface area contributed by atoms with Gasteiger partial charge in [-0.25, -0.2) is 0 Å². The number of ether oxygens (including phenoxy) is 2. The first-order valence-corrected chi connectivity index (χ1v) is 7.88. The molecule has 5 nitrogen and oxygen atoms in total. The van der Waals surface area contributed by atoms with Crippen molar-refractivity contribution >= 4 is 11.9 Å². The number of likely N-dealkylation sites (tertiary alicyclic amines) is 1. The van der Waals surface area contributed by atoms with Crippen molar-refractivity contribution in [2.75, 3.05) is 13.2 Å². The number of carbonyl (C=O) groups is 2. The quantitative estimate of drug-likeness (QED) is 0.569. The monoisotopic (exact) mass is 293 g/mol. The van der Waals surface area contributed by atoms with E-state index in [1.165, 1.54) is 0 Å². The third-order valence-electron chi connectivity index (χ3n) is 4.97. The minimum Gasteiger partial charge on any atom is -0.465 e. The maximum absolute atomic E-state index is 12.8. The van der Waals surface area contributed by atoms with E-state index < -0.39 is 17.4 Å². The molecule has 1 spiro atoms. The van der Waals surface area contributed by atoms with Crippen molar-refractivity contribution < 1.29 is 19.1 Å². The molecule has 5 atom stereocenters. The summed E-state index contributed by atoms with van der Waals surface area (Å²) in [5.74, 6) is -1.15. The first-order valence-electron chi connectivity index (χ1n) is 7.88. The molecule has 3 aliphatic heterocycles. The minimum absolute atomic E-state index is 0.0367. The van der Waals surface area contributed by atoms with Gasteiger partial charge in [0.05, 0.1) is 25.2 Å². The third-order valence-corrected chi connectivity index (χ3v) is 4.97. The standard InChI is InChI=1S/C16H23NO4/c1-4-8-20-15(19)12-11-6-7-16(21-11)9-17(10(3)5-2)14(18)13(12)16/h6-7,10-13H,4-5,8-9H2,1-3H3/t10-,11-,12-,13+,16-/m1/s1. The van der Waals surface area contributed by atoms with Crippen LogP contribution in [-0.4, -0.2) is 47.7 Å². The molecular formula is C16H23NO4. The maximum Gasteiger partial charge on any atom is 0.312 e. The molecule has 3 aliphatic rings. The Bertz CT molecular complexity index is 489. The molecule has 0 saturated carbocycles. The first-order chi connectivity index (χ1) is 10.0. The Hall–Kier alpha value is -1.36. The van der Waals surface area contributed by atoms with Crippen molar-refractivity contribution in [2.45, 2.75) is 51.4 Å². The van der Waals surface area contributed by atoms with Crippen LogP contribution in [-0.2, 0) is 19.1 Å². The lowest BCUT2D eigenvalue weighted by atomic mass is 9.77. The second-order valence-corrected chi connectivity index (χ2v) is 6.29. The molecule has 3 heterocycles. The lowest BCUT2D eigenvalue weighted by Crippen LogP contribution is -2.41. The highest BCUT2D eigenvalue weighted by molar-refractivity contribution is 5.91. The molecule has 0 radical (unpaired) electrons. The fraction of sp³-hybridized carbons (Fsp3) is 0.750. The van der Waals surface area contributed by atoms with Crippen LogP contribution in [0.2, 0.25) is 0 Å². The molecule has 116 valence electrons. The van der Waals surface area contributed by atoms with Crippen molar-refractivity contribution in [3.63, 3.8) is 0 Å². The van der Waals surface area contributed by atoms with Crippen LogP contribution in [0.15, 0.2) is 12.2 Å². The van der Waals surface area contributed by atoms with Crippen LogP contribution in [0, 0.1) is 11.8 Å². The molecule has 0 unspecified atom stereocenters. The van der Waals surface area contributed by atoms with Crippen LogP contribution < -0.4 is 0 Å². The molecule has 2 bridgehead atoms. The Kier molecular flexibility index (Phi) is 3.56. The number of hydrogen-bond donors (Lipinski definition) is 0.